The number of rotatable bonds is 8. The van der Waals surface area contributed by atoms with Gasteiger partial charge in [-0.3, -0.25) is 9.00 Å². The third-order valence-electron chi connectivity index (χ3n) is 3.67. The van der Waals surface area contributed by atoms with Crippen molar-refractivity contribution in [2.24, 2.45) is 5.92 Å². The Balaban J connectivity index is 2.60. The zero-order chi connectivity index (χ0) is 17.6. The molecule has 5 heteroatoms. The van der Waals surface area contributed by atoms with Crippen molar-refractivity contribution in [3.63, 3.8) is 0 Å². The fourth-order valence-electron chi connectivity index (χ4n) is 2.07. The molecule has 0 spiro atoms. The first-order valence-electron chi connectivity index (χ1n) is 8.13. The largest absolute Gasteiger partial charge is 0.388 e. The van der Waals surface area contributed by atoms with Gasteiger partial charge in [0, 0.05) is 22.3 Å². The molecule has 1 amide bonds. The van der Waals surface area contributed by atoms with Gasteiger partial charge in [0.2, 0.25) is 0 Å². The fourth-order valence-corrected chi connectivity index (χ4v) is 3.02. The van der Waals surface area contributed by atoms with Crippen molar-refractivity contribution >= 4 is 16.7 Å². The van der Waals surface area contributed by atoms with E-state index in [0.29, 0.717) is 17.9 Å². The van der Waals surface area contributed by atoms with E-state index in [-0.39, 0.29) is 17.7 Å². The molecule has 0 aliphatic carbocycles. The molecular formula is C18H29NO3S. The molecule has 0 radical (unpaired) electrons. The molecule has 1 rings (SSSR count). The molecule has 0 saturated carbocycles. The highest BCUT2D eigenvalue weighted by molar-refractivity contribution is 7.85. The molecule has 1 aromatic carbocycles. The summed E-state index contributed by atoms with van der Waals surface area (Å²) in [7, 11) is -1.05. The molecule has 0 heterocycles. The summed E-state index contributed by atoms with van der Waals surface area (Å²) in [5, 5.41) is 13.1. The van der Waals surface area contributed by atoms with E-state index < -0.39 is 16.4 Å². The van der Waals surface area contributed by atoms with E-state index in [4.69, 9.17) is 0 Å². The molecule has 0 aromatic heterocycles. The quantitative estimate of drug-likeness (QED) is 0.765. The highest BCUT2D eigenvalue weighted by Crippen LogP contribution is 2.16. The van der Waals surface area contributed by atoms with E-state index in [2.05, 4.69) is 19.2 Å². The lowest BCUT2D eigenvalue weighted by Crippen LogP contribution is -2.40. The lowest BCUT2D eigenvalue weighted by atomic mass is 9.95. The van der Waals surface area contributed by atoms with Crippen LogP contribution in [0.3, 0.4) is 0 Å². The lowest BCUT2D eigenvalue weighted by molar-refractivity contribution is 0.0429. The third kappa shape index (κ3) is 6.83. The first kappa shape index (κ1) is 19.8. The van der Waals surface area contributed by atoms with Gasteiger partial charge in [0.05, 0.1) is 16.4 Å². The minimum Gasteiger partial charge on any atom is -0.388 e. The van der Waals surface area contributed by atoms with Gasteiger partial charge in [-0.25, -0.2) is 0 Å². The molecule has 0 fully saturated rings. The van der Waals surface area contributed by atoms with Crippen molar-refractivity contribution in [2.75, 3.05) is 6.54 Å². The Labute approximate surface area is 142 Å². The summed E-state index contributed by atoms with van der Waals surface area (Å²) < 4.78 is 12.0. The predicted octanol–water partition coefficient (Wildman–Crippen LogP) is 3.12. The Morgan fingerprint density at radius 2 is 1.78 bits per heavy atom. The Morgan fingerprint density at radius 3 is 2.26 bits per heavy atom. The third-order valence-corrected chi connectivity index (χ3v) is 5.26. The lowest BCUT2D eigenvalue weighted by Gasteiger charge is -2.24. The summed E-state index contributed by atoms with van der Waals surface area (Å²) in [5.41, 5.74) is -0.395. The number of amides is 1. The second-order valence-corrected chi connectivity index (χ2v) is 8.99. The van der Waals surface area contributed by atoms with Crippen LogP contribution in [0.1, 0.15) is 57.8 Å². The van der Waals surface area contributed by atoms with Gasteiger partial charge in [-0.2, -0.15) is 0 Å². The van der Waals surface area contributed by atoms with Crippen LogP contribution in [0.25, 0.3) is 0 Å². The summed E-state index contributed by atoms with van der Waals surface area (Å²) in [4.78, 5) is 12.9. The van der Waals surface area contributed by atoms with E-state index in [1.165, 1.54) is 0 Å². The van der Waals surface area contributed by atoms with Crippen LogP contribution in [0, 0.1) is 5.92 Å². The van der Waals surface area contributed by atoms with Crippen LogP contribution in [0.5, 0.6) is 0 Å². The van der Waals surface area contributed by atoms with Gasteiger partial charge >= 0.3 is 0 Å². The normalized spacial score (nSPS) is 15.5. The number of carbonyl (C=O) groups is 1. The van der Waals surface area contributed by atoms with E-state index in [1.807, 2.05) is 13.8 Å². The van der Waals surface area contributed by atoms with Crippen LogP contribution in [-0.2, 0) is 10.8 Å². The number of hydrogen-bond acceptors (Lipinski definition) is 3. The monoisotopic (exact) mass is 339 g/mol. The van der Waals surface area contributed by atoms with Crippen molar-refractivity contribution in [2.45, 2.75) is 63.2 Å². The second-order valence-electron chi connectivity index (χ2n) is 6.98. The summed E-state index contributed by atoms with van der Waals surface area (Å²) in [6.45, 7) is 9.98. The highest BCUT2D eigenvalue weighted by atomic mass is 32.2. The van der Waals surface area contributed by atoms with Crippen LogP contribution in [0.15, 0.2) is 29.2 Å². The van der Waals surface area contributed by atoms with Crippen molar-refractivity contribution in [1.82, 2.24) is 5.32 Å². The average Bonchev–Trinajstić information content (AvgIpc) is 2.50. The van der Waals surface area contributed by atoms with Crippen molar-refractivity contribution in [1.29, 1.82) is 0 Å². The standard InChI is InChI=1S/C18H29NO3S/c1-13(2)10-11-18(5,21)12-19-17(20)15-6-8-16(9-7-15)23(22)14(3)4/h6-9,13-14,21H,10-12H2,1-5H3,(H,19,20). The van der Waals surface area contributed by atoms with Gasteiger partial charge in [0.1, 0.15) is 0 Å². The predicted molar refractivity (Wildman–Crippen MR) is 95.0 cm³/mol. The van der Waals surface area contributed by atoms with Gasteiger partial charge in [-0.15, -0.1) is 0 Å². The summed E-state index contributed by atoms with van der Waals surface area (Å²) in [6, 6.07) is 6.80. The van der Waals surface area contributed by atoms with Crippen molar-refractivity contribution in [3.8, 4) is 0 Å². The Bertz CT molecular complexity index is 536. The molecule has 0 aliphatic heterocycles. The number of carbonyl (C=O) groups excluding carboxylic acids is 1. The maximum atomic E-state index is 12.1. The summed E-state index contributed by atoms with van der Waals surface area (Å²) in [5.74, 6) is 0.295. The first-order valence-corrected chi connectivity index (χ1v) is 9.35. The Morgan fingerprint density at radius 1 is 1.22 bits per heavy atom. The summed E-state index contributed by atoms with van der Waals surface area (Å²) in [6.07, 6.45) is 1.57. The van der Waals surface area contributed by atoms with Crippen LogP contribution in [0.2, 0.25) is 0 Å². The van der Waals surface area contributed by atoms with Crippen LogP contribution in [0.4, 0.5) is 0 Å². The molecule has 0 aliphatic rings. The number of nitrogens with one attached hydrogen (secondary N) is 1. The number of hydrogen-bond donors (Lipinski definition) is 2. The number of benzene rings is 1. The molecule has 2 N–H and O–H groups in total. The van der Waals surface area contributed by atoms with Crippen molar-refractivity contribution in [3.05, 3.63) is 29.8 Å². The average molecular weight is 340 g/mol. The minimum absolute atomic E-state index is 0.0470. The molecule has 2 unspecified atom stereocenters. The van der Waals surface area contributed by atoms with Gasteiger partial charge in [0.15, 0.2) is 0 Å². The maximum absolute atomic E-state index is 12.1. The molecule has 4 nitrogen and oxygen atoms in total. The van der Waals surface area contributed by atoms with Gasteiger partial charge in [-0.1, -0.05) is 27.7 Å². The maximum Gasteiger partial charge on any atom is 0.251 e. The van der Waals surface area contributed by atoms with Crippen LogP contribution >= 0.6 is 0 Å². The zero-order valence-electron chi connectivity index (χ0n) is 14.8. The zero-order valence-corrected chi connectivity index (χ0v) is 15.6. The van der Waals surface area contributed by atoms with Crippen LogP contribution in [-0.4, -0.2) is 32.6 Å². The van der Waals surface area contributed by atoms with E-state index >= 15 is 0 Å². The highest BCUT2D eigenvalue weighted by Gasteiger charge is 2.21. The second kappa shape index (κ2) is 8.60. The molecule has 2 atom stereocenters. The fraction of sp³-hybridized carbons (Fsp3) is 0.611. The Kier molecular flexibility index (Phi) is 7.42. The SMILES string of the molecule is CC(C)CCC(C)(O)CNC(=O)c1ccc(S(=O)C(C)C)cc1. The molecular weight excluding hydrogens is 310 g/mol. The topological polar surface area (TPSA) is 66.4 Å². The molecule has 23 heavy (non-hydrogen) atoms. The smallest absolute Gasteiger partial charge is 0.251 e. The molecule has 130 valence electrons. The number of aliphatic hydroxyl groups is 1. The molecule has 0 saturated heterocycles. The van der Waals surface area contributed by atoms with Gasteiger partial charge < -0.3 is 10.4 Å². The minimum atomic E-state index is -1.05. The summed E-state index contributed by atoms with van der Waals surface area (Å²) >= 11 is 0. The van der Waals surface area contributed by atoms with E-state index in [0.717, 1.165) is 11.3 Å². The Hall–Kier alpha value is -1.20. The van der Waals surface area contributed by atoms with E-state index in [9.17, 15) is 14.1 Å². The van der Waals surface area contributed by atoms with Gasteiger partial charge in [-0.05, 0) is 49.9 Å². The first-order chi connectivity index (χ1) is 10.6. The van der Waals surface area contributed by atoms with Crippen molar-refractivity contribution < 1.29 is 14.1 Å². The molecule has 1 aromatic rings. The van der Waals surface area contributed by atoms with Gasteiger partial charge in [0.25, 0.3) is 5.91 Å². The molecule has 0 bridgehead atoms. The van der Waals surface area contributed by atoms with E-state index in [1.54, 1.807) is 31.2 Å². The van der Waals surface area contributed by atoms with Crippen LogP contribution < -0.4 is 5.32 Å².